The van der Waals surface area contributed by atoms with Crippen molar-refractivity contribution >= 4 is 35.4 Å². The molecule has 3 aromatic rings. The number of benzene rings is 2. The van der Waals surface area contributed by atoms with Gasteiger partial charge in [-0.2, -0.15) is 0 Å². The third-order valence-corrected chi connectivity index (χ3v) is 9.33. The minimum absolute atomic E-state index is 0.0161. The molecule has 0 radical (unpaired) electrons. The van der Waals surface area contributed by atoms with Gasteiger partial charge in [0.05, 0.1) is 19.0 Å². The van der Waals surface area contributed by atoms with Gasteiger partial charge in [0.15, 0.2) is 6.10 Å². The van der Waals surface area contributed by atoms with Crippen molar-refractivity contribution in [2.45, 2.75) is 96.6 Å². The van der Waals surface area contributed by atoms with Crippen molar-refractivity contribution in [2.24, 2.45) is 11.8 Å². The van der Waals surface area contributed by atoms with Gasteiger partial charge in [-0.05, 0) is 47.9 Å². The normalized spacial score (nSPS) is 18.5. The summed E-state index contributed by atoms with van der Waals surface area (Å²) in [7, 11) is 0. The Hall–Kier alpha value is -5.77. The van der Waals surface area contributed by atoms with Crippen LogP contribution in [0.2, 0.25) is 0 Å². The SMILES string of the molecule is CC(=O)N[C@@H](Cc1cnc[nH]1)C(=O)N[C@H](C(=O)N[C@@H](Cc1ccccc1)C(O)C(=O)N[C@H]1Cc2ccc(cc2)OCCCNC(=O)[C@H](C(C)C)NC1=O)C(C)C. The number of ether oxygens (including phenoxy) is 1. The molecule has 16 heteroatoms. The van der Waals surface area contributed by atoms with E-state index >= 15 is 0 Å². The van der Waals surface area contributed by atoms with E-state index in [-0.39, 0.29) is 31.1 Å². The summed E-state index contributed by atoms with van der Waals surface area (Å²) in [4.78, 5) is 87.2. The van der Waals surface area contributed by atoms with E-state index in [0.717, 1.165) is 0 Å². The second kappa shape index (κ2) is 20.8. The highest BCUT2D eigenvalue weighted by Crippen LogP contribution is 2.16. The quantitative estimate of drug-likeness (QED) is 0.114. The number of aliphatic hydroxyl groups is 1. The van der Waals surface area contributed by atoms with E-state index in [0.29, 0.717) is 42.1 Å². The van der Waals surface area contributed by atoms with Crippen molar-refractivity contribution in [3.05, 3.63) is 83.9 Å². The van der Waals surface area contributed by atoms with E-state index in [9.17, 15) is 33.9 Å². The molecule has 0 aliphatic carbocycles. The summed E-state index contributed by atoms with van der Waals surface area (Å²) < 4.78 is 5.78. The molecule has 3 heterocycles. The Labute approximate surface area is 326 Å². The molecule has 1 aromatic heterocycles. The second-order valence-electron chi connectivity index (χ2n) is 14.6. The molecule has 0 saturated carbocycles. The number of aliphatic hydroxyl groups excluding tert-OH is 1. The number of rotatable bonds is 14. The molecular formula is C40H54N8O8. The lowest BCUT2D eigenvalue weighted by Gasteiger charge is -2.30. The Kier molecular flexibility index (Phi) is 15.9. The fourth-order valence-electron chi connectivity index (χ4n) is 6.22. The largest absolute Gasteiger partial charge is 0.494 e. The third kappa shape index (κ3) is 12.9. The lowest BCUT2D eigenvalue weighted by molar-refractivity contribution is -0.137. The van der Waals surface area contributed by atoms with Gasteiger partial charge < -0.3 is 46.7 Å². The molecule has 6 amide bonds. The predicted molar refractivity (Wildman–Crippen MR) is 207 cm³/mol. The number of H-pyrrole nitrogens is 1. The van der Waals surface area contributed by atoms with Crippen molar-refractivity contribution < 1.29 is 38.6 Å². The molecule has 0 saturated heterocycles. The van der Waals surface area contributed by atoms with Gasteiger partial charge in [-0.25, -0.2) is 4.98 Å². The van der Waals surface area contributed by atoms with Crippen molar-refractivity contribution in [1.82, 2.24) is 41.9 Å². The molecule has 56 heavy (non-hydrogen) atoms. The topological polar surface area (TPSA) is 233 Å². The van der Waals surface area contributed by atoms with Gasteiger partial charge in [-0.3, -0.25) is 28.8 Å². The van der Waals surface area contributed by atoms with Crippen LogP contribution >= 0.6 is 0 Å². The number of aromatic nitrogens is 2. The predicted octanol–water partition coefficient (Wildman–Crippen LogP) is 0.453. The van der Waals surface area contributed by atoms with E-state index < -0.39 is 71.8 Å². The van der Waals surface area contributed by atoms with Crippen LogP contribution in [0.4, 0.5) is 0 Å². The Morgan fingerprint density at radius 2 is 1.61 bits per heavy atom. The maximum atomic E-state index is 14.0. The van der Waals surface area contributed by atoms with E-state index in [1.807, 2.05) is 0 Å². The Morgan fingerprint density at radius 1 is 0.893 bits per heavy atom. The average molecular weight is 775 g/mol. The highest BCUT2D eigenvalue weighted by Gasteiger charge is 2.36. The monoisotopic (exact) mass is 774 g/mol. The van der Waals surface area contributed by atoms with Crippen molar-refractivity contribution in [3.8, 4) is 5.75 Å². The standard InChI is InChI=1S/C40H54N8O8/c1-23(2)33-38(53)42-16-9-17-56-29-14-12-27(13-15-29)19-31(36(51)47-33)46-40(55)35(50)30(18-26-10-7-6-8-11-26)45-39(54)34(24(3)4)48-37(52)32(44-25(5)49)20-28-21-41-22-43-28/h6-8,10-15,21-24,30-35,50H,9,16-20H2,1-5H3,(H,41,43)(H,42,53)(H,44,49)(H,45,54)(H,46,55)(H,47,51)(H,48,52)/t30-,31-,32-,33-,34-,35?/m0/s1. The van der Waals surface area contributed by atoms with E-state index in [1.54, 1.807) is 82.3 Å². The smallest absolute Gasteiger partial charge is 0.251 e. The number of nitrogens with one attached hydrogen (secondary N) is 7. The molecule has 8 N–H and O–H groups in total. The van der Waals surface area contributed by atoms with Crippen LogP contribution in [0, 0.1) is 11.8 Å². The van der Waals surface area contributed by atoms with Gasteiger partial charge in [0.1, 0.15) is 29.9 Å². The van der Waals surface area contributed by atoms with Crippen molar-refractivity contribution in [2.75, 3.05) is 13.2 Å². The number of aromatic amines is 1. The average Bonchev–Trinajstić information content (AvgIpc) is 3.67. The van der Waals surface area contributed by atoms with Crippen LogP contribution in [0.25, 0.3) is 0 Å². The molecule has 2 bridgehead atoms. The van der Waals surface area contributed by atoms with Gasteiger partial charge in [0.2, 0.25) is 29.5 Å². The molecule has 0 fully saturated rings. The Balaban J connectivity index is 1.57. The molecule has 2 aromatic carbocycles. The first-order valence-electron chi connectivity index (χ1n) is 18.9. The number of imidazole rings is 1. The van der Waals surface area contributed by atoms with E-state index in [2.05, 4.69) is 41.9 Å². The zero-order valence-corrected chi connectivity index (χ0v) is 32.5. The van der Waals surface area contributed by atoms with Crippen LogP contribution in [0.1, 0.15) is 57.9 Å². The Morgan fingerprint density at radius 3 is 2.23 bits per heavy atom. The summed E-state index contributed by atoms with van der Waals surface area (Å²) >= 11 is 0. The van der Waals surface area contributed by atoms with Gasteiger partial charge in [0, 0.05) is 38.2 Å². The number of hydrogen-bond acceptors (Lipinski definition) is 9. The van der Waals surface area contributed by atoms with Crippen molar-refractivity contribution in [3.63, 3.8) is 0 Å². The first kappa shape index (κ1) is 43.0. The number of carbonyl (C=O) groups is 6. The lowest BCUT2D eigenvalue weighted by Crippen LogP contribution is -2.61. The summed E-state index contributed by atoms with van der Waals surface area (Å²) in [5.74, 6) is -3.83. The summed E-state index contributed by atoms with van der Waals surface area (Å²) in [5.41, 5.74) is 1.97. The number of fused-ring (bicyclic) bond motifs is 12. The fraction of sp³-hybridized carbons (Fsp3) is 0.475. The zero-order valence-electron chi connectivity index (χ0n) is 32.5. The molecule has 5 rings (SSSR count). The lowest BCUT2D eigenvalue weighted by atomic mass is 9.97. The van der Waals surface area contributed by atoms with Gasteiger partial charge in [-0.1, -0.05) is 70.2 Å². The maximum Gasteiger partial charge on any atom is 0.251 e. The highest BCUT2D eigenvalue weighted by molar-refractivity contribution is 5.94. The van der Waals surface area contributed by atoms with Crippen LogP contribution in [-0.4, -0.2) is 100.0 Å². The molecule has 2 aliphatic rings. The first-order chi connectivity index (χ1) is 26.7. The molecular weight excluding hydrogens is 720 g/mol. The zero-order chi connectivity index (χ0) is 40.8. The third-order valence-electron chi connectivity index (χ3n) is 9.33. The summed E-state index contributed by atoms with van der Waals surface area (Å²) in [6, 6.07) is 10.4. The van der Waals surface area contributed by atoms with Crippen LogP contribution in [0.5, 0.6) is 5.75 Å². The summed E-state index contributed by atoms with van der Waals surface area (Å²) in [6.07, 6.45) is 1.78. The number of carbonyl (C=O) groups excluding carboxylic acids is 6. The van der Waals surface area contributed by atoms with Gasteiger partial charge >= 0.3 is 0 Å². The van der Waals surface area contributed by atoms with Crippen LogP contribution < -0.4 is 36.6 Å². The number of amides is 6. The first-order valence-corrected chi connectivity index (χ1v) is 18.9. The molecule has 2 aliphatic heterocycles. The Bertz CT molecular complexity index is 1770. The fourth-order valence-corrected chi connectivity index (χ4v) is 6.22. The molecule has 0 spiro atoms. The van der Waals surface area contributed by atoms with E-state index in [4.69, 9.17) is 4.74 Å². The second-order valence-corrected chi connectivity index (χ2v) is 14.6. The van der Waals surface area contributed by atoms with E-state index in [1.165, 1.54) is 19.4 Å². The molecule has 1 unspecified atom stereocenters. The molecule has 302 valence electrons. The minimum atomic E-state index is -1.86. The number of hydrogen-bond donors (Lipinski definition) is 8. The van der Waals surface area contributed by atoms with Crippen LogP contribution in [-0.2, 0) is 48.0 Å². The van der Waals surface area contributed by atoms with Gasteiger partial charge in [0.25, 0.3) is 5.91 Å². The maximum absolute atomic E-state index is 14.0. The minimum Gasteiger partial charge on any atom is -0.494 e. The number of nitrogens with zero attached hydrogens (tertiary/aromatic N) is 1. The summed E-state index contributed by atoms with van der Waals surface area (Å²) in [5, 5.41) is 28.0. The highest BCUT2D eigenvalue weighted by atomic mass is 16.5. The van der Waals surface area contributed by atoms with Gasteiger partial charge in [-0.15, -0.1) is 0 Å². The summed E-state index contributed by atoms with van der Waals surface area (Å²) in [6.45, 7) is 9.02. The molecule has 16 nitrogen and oxygen atoms in total. The van der Waals surface area contributed by atoms with Crippen molar-refractivity contribution in [1.29, 1.82) is 0 Å². The molecule has 6 atom stereocenters. The van der Waals surface area contributed by atoms with Crippen LogP contribution in [0.3, 0.4) is 0 Å². The van der Waals surface area contributed by atoms with Crippen LogP contribution in [0.15, 0.2) is 67.1 Å².